The molecule has 1 saturated heterocycles. The SMILES string of the molecule is Cc1ccc(C(=O)N=C2SCCN2C(=O)c2ccc(C)c(C)c2)cc1C. The molecule has 2 aromatic carbocycles. The van der Waals surface area contributed by atoms with E-state index in [1.807, 2.05) is 58.0 Å². The van der Waals surface area contributed by atoms with Gasteiger partial charge in [0, 0.05) is 23.4 Å². The van der Waals surface area contributed by atoms with Crippen molar-refractivity contribution in [3.8, 4) is 0 Å². The van der Waals surface area contributed by atoms with Crippen LogP contribution in [0.15, 0.2) is 41.4 Å². The average molecular weight is 366 g/mol. The third-order valence-electron chi connectivity index (χ3n) is 4.73. The number of aryl methyl sites for hydroxylation is 4. The van der Waals surface area contributed by atoms with Gasteiger partial charge in [0.2, 0.25) is 0 Å². The Morgan fingerprint density at radius 3 is 2.08 bits per heavy atom. The first-order valence-electron chi connectivity index (χ1n) is 8.59. The van der Waals surface area contributed by atoms with Crippen LogP contribution in [0.1, 0.15) is 43.0 Å². The molecule has 134 valence electrons. The van der Waals surface area contributed by atoms with Gasteiger partial charge in [-0.3, -0.25) is 14.5 Å². The van der Waals surface area contributed by atoms with Crippen LogP contribution in [0.2, 0.25) is 0 Å². The third kappa shape index (κ3) is 3.73. The number of hydrogen-bond acceptors (Lipinski definition) is 3. The van der Waals surface area contributed by atoms with E-state index in [0.717, 1.165) is 28.0 Å². The first kappa shape index (κ1) is 18.4. The number of aliphatic imine (C=N–C) groups is 1. The van der Waals surface area contributed by atoms with Gasteiger partial charge in [-0.25, -0.2) is 0 Å². The maximum Gasteiger partial charge on any atom is 0.279 e. The van der Waals surface area contributed by atoms with Gasteiger partial charge in [0.15, 0.2) is 5.17 Å². The monoisotopic (exact) mass is 366 g/mol. The van der Waals surface area contributed by atoms with Gasteiger partial charge in [-0.15, -0.1) is 0 Å². The number of carbonyl (C=O) groups excluding carboxylic acids is 2. The van der Waals surface area contributed by atoms with Crippen LogP contribution in [-0.2, 0) is 0 Å². The van der Waals surface area contributed by atoms with Gasteiger partial charge in [0.05, 0.1) is 0 Å². The van der Waals surface area contributed by atoms with Gasteiger partial charge in [0.1, 0.15) is 0 Å². The zero-order chi connectivity index (χ0) is 18.8. The summed E-state index contributed by atoms with van der Waals surface area (Å²) < 4.78 is 0. The standard InChI is InChI=1S/C21H22N2O2S/c1-13-5-7-17(11-15(13)3)19(24)22-21-23(9-10-26-21)20(25)18-8-6-14(2)16(4)12-18/h5-8,11-12H,9-10H2,1-4H3. The Morgan fingerprint density at radius 2 is 1.46 bits per heavy atom. The number of carbonyl (C=O) groups is 2. The highest BCUT2D eigenvalue weighted by Gasteiger charge is 2.27. The Kier molecular flexibility index (Phi) is 5.28. The van der Waals surface area contributed by atoms with Crippen molar-refractivity contribution < 1.29 is 9.59 Å². The van der Waals surface area contributed by atoms with Gasteiger partial charge in [-0.2, -0.15) is 4.99 Å². The van der Waals surface area contributed by atoms with E-state index in [2.05, 4.69) is 4.99 Å². The quantitative estimate of drug-likeness (QED) is 0.796. The summed E-state index contributed by atoms with van der Waals surface area (Å²) in [5, 5.41) is 0.483. The zero-order valence-electron chi connectivity index (χ0n) is 15.5. The largest absolute Gasteiger partial charge is 0.286 e. The molecular formula is C21H22N2O2S. The van der Waals surface area contributed by atoms with Crippen molar-refractivity contribution in [3.05, 3.63) is 69.8 Å². The number of benzene rings is 2. The number of amidine groups is 1. The van der Waals surface area contributed by atoms with E-state index in [1.165, 1.54) is 11.8 Å². The molecule has 0 spiro atoms. The molecule has 1 fully saturated rings. The lowest BCUT2D eigenvalue weighted by molar-refractivity contribution is 0.0859. The van der Waals surface area contributed by atoms with Crippen LogP contribution in [-0.4, -0.2) is 34.2 Å². The fourth-order valence-corrected chi connectivity index (χ4v) is 3.67. The fourth-order valence-electron chi connectivity index (χ4n) is 2.74. The highest BCUT2D eigenvalue weighted by molar-refractivity contribution is 8.14. The molecular weight excluding hydrogens is 344 g/mol. The number of nitrogens with zero attached hydrogens (tertiary/aromatic N) is 2. The van der Waals surface area contributed by atoms with Crippen LogP contribution in [0.25, 0.3) is 0 Å². The molecule has 0 aliphatic carbocycles. The van der Waals surface area contributed by atoms with Gasteiger partial charge in [0.25, 0.3) is 11.8 Å². The molecule has 4 nitrogen and oxygen atoms in total. The molecule has 0 aromatic heterocycles. The Balaban J connectivity index is 1.85. The van der Waals surface area contributed by atoms with Crippen LogP contribution in [0.4, 0.5) is 0 Å². The first-order valence-corrected chi connectivity index (χ1v) is 9.57. The molecule has 1 heterocycles. The number of hydrogen-bond donors (Lipinski definition) is 0. The topological polar surface area (TPSA) is 49.7 Å². The molecule has 5 heteroatoms. The summed E-state index contributed by atoms with van der Waals surface area (Å²) in [5.41, 5.74) is 5.59. The predicted molar refractivity (Wildman–Crippen MR) is 107 cm³/mol. The summed E-state index contributed by atoms with van der Waals surface area (Å²) in [5.74, 6) is 0.329. The van der Waals surface area contributed by atoms with Crippen LogP contribution < -0.4 is 0 Å². The van der Waals surface area contributed by atoms with E-state index in [-0.39, 0.29) is 11.8 Å². The summed E-state index contributed by atoms with van der Waals surface area (Å²) in [4.78, 5) is 31.2. The van der Waals surface area contributed by atoms with Crippen LogP contribution in [0.3, 0.4) is 0 Å². The summed E-state index contributed by atoms with van der Waals surface area (Å²) in [6, 6.07) is 11.2. The summed E-state index contributed by atoms with van der Waals surface area (Å²) in [7, 11) is 0. The van der Waals surface area contributed by atoms with Gasteiger partial charge in [-0.1, -0.05) is 23.9 Å². The highest BCUT2D eigenvalue weighted by Crippen LogP contribution is 2.22. The van der Waals surface area contributed by atoms with E-state index in [4.69, 9.17) is 0 Å². The highest BCUT2D eigenvalue weighted by atomic mass is 32.2. The van der Waals surface area contributed by atoms with Gasteiger partial charge < -0.3 is 0 Å². The zero-order valence-corrected chi connectivity index (χ0v) is 16.3. The minimum atomic E-state index is -0.310. The fraction of sp³-hybridized carbons (Fsp3) is 0.286. The van der Waals surface area contributed by atoms with E-state index >= 15 is 0 Å². The summed E-state index contributed by atoms with van der Waals surface area (Å²) >= 11 is 1.45. The predicted octanol–water partition coefficient (Wildman–Crippen LogP) is 4.31. The van der Waals surface area contributed by atoms with Gasteiger partial charge in [-0.05, 0) is 74.2 Å². The first-order chi connectivity index (χ1) is 12.4. The number of rotatable bonds is 2. The van der Waals surface area contributed by atoms with Crippen LogP contribution in [0, 0.1) is 27.7 Å². The van der Waals surface area contributed by atoms with Gasteiger partial charge >= 0.3 is 0 Å². The van der Waals surface area contributed by atoms with Crippen molar-refractivity contribution in [1.82, 2.24) is 4.90 Å². The number of amides is 2. The number of thioether (sulfide) groups is 1. The van der Waals surface area contributed by atoms with Crippen molar-refractivity contribution in [1.29, 1.82) is 0 Å². The third-order valence-corrected chi connectivity index (χ3v) is 5.68. The van der Waals surface area contributed by atoms with Crippen molar-refractivity contribution in [2.24, 2.45) is 4.99 Å². The summed E-state index contributed by atoms with van der Waals surface area (Å²) in [6.45, 7) is 8.55. The minimum Gasteiger partial charge on any atom is -0.286 e. The Hall–Kier alpha value is -2.40. The second kappa shape index (κ2) is 7.46. The smallest absolute Gasteiger partial charge is 0.279 e. The molecule has 0 N–H and O–H groups in total. The molecule has 0 atom stereocenters. The van der Waals surface area contributed by atoms with Crippen molar-refractivity contribution in [2.45, 2.75) is 27.7 Å². The van der Waals surface area contributed by atoms with Crippen molar-refractivity contribution in [3.63, 3.8) is 0 Å². The van der Waals surface area contributed by atoms with E-state index in [9.17, 15) is 9.59 Å². The lowest BCUT2D eigenvalue weighted by atomic mass is 10.1. The van der Waals surface area contributed by atoms with E-state index in [1.54, 1.807) is 11.0 Å². The second-order valence-electron chi connectivity index (χ2n) is 6.60. The molecule has 1 aliphatic rings. The van der Waals surface area contributed by atoms with Crippen LogP contribution in [0.5, 0.6) is 0 Å². The molecule has 0 unspecified atom stereocenters. The molecule has 3 rings (SSSR count). The van der Waals surface area contributed by atoms with E-state index in [0.29, 0.717) is 22.8 Å². The second-order valence-corrected chi connectivity index (χ2v) is 7.66. The normalized spacial score (nSPS) is 15.5. The minimum absolute atomic E-state index is 0.107. The average Bonchev–Trinajstić information content (AvgIpc) is 3.07. The van der Waals surface area contributed by atoms with E-state index < -0.39 is 0 Å². The molecule has 2 aromatic rings. The summed E-state index contributed by atoms with van der Waals surface area (Å²) in [6.07, 6.45) is 0. The molecule has 1 aliphatic heterocycles. The molecule has 26 heavy (non-hydrogen) atoms. The molecule has 0 saturated carbocycles. The van der Waals surface area contributed by atoms with Crippen molar-refractivity contribution in [2.75, 3.05) is 12.3 Å². The Bertz CT molecular complexity index is 918. The van der Waals surface area contributed by atoms with Crippen molar-refractivity contribution >= 4 is 28.7 Å². The Labute approximate surface area is 158 Å². The maximum absolute atomic E-state index is 12.9. The maximum atomic E-state index is 12.9. The molecule has 0 radical (unpaired) electrons. The molecule has 2 amide bonds. The molecule has 0 bridgehead atoms. The lowest BCUT2D eigenvalue weighted by Gasteiger charge is -2.16. The van der Waals surface area contributed by atoms with Crippen LogP contribution >= 0.6 is 11.8 Å². The Morgan fingerprint density at radius 1 is 0.885 bits per heavy atom. The lowest BCUT2D eigenvalue weighted by Crippen LogP contribution is -2.32.